The summed E-state index contributed by atoms with van der Waals surface area (Å²) in [4.78, 5) is 26.1. The Bertz CT molecular complexity index is 694. The molecule has 126 valence electrons. The molecule has 2 aromatic rings. The Hall–Kier alpha value is -2.80. The van der Waals surface area contributed by atoms with E-state index in [9.17, 15) is 9.59 Å². The number of carbonyl (C=O) groups excluding carboxylic acids is 2. The van der Waals surface area contributed by atoms with Crippen molar-refractivity contribution in [1.29, 1.82) is 0 Å². The largest absolute Gasteiger partial charge is 0.467 e. The zero-order chi connectivity index (χ0) is 16.8. The lowest BCUT2D eigenvalue weighted by atomic mass is 10.1. The molecular formula is C17H19N3O4. The number of amides is 3. The number of rotatable bonds is 4. The van der Waals surface area contributed by atoms with E-state index >= 15 is 0 Å². The number of morpholine rings is 1. The Morgan fingerprint density at radius 3 is 2.71 bits per heavy atom. The Morgan fingerprint density at radius 2 is 1.96 bits per heavy atom. The minimum atomic E-state index is -0.359. The maximum absolute atomic E-state index is 12.4. The predicted molar refractivity (Wildman–Crippen MR) is 87.7 cm³/mol. The molecule has 1 aliphatic rings. The third-order valence-corrected chi connectivity index (χ3v) is 3.67. The van der Waals surface area contributed by atoms with Crippen molar-refractivity contribution < 1.29 is 18.7 Å². The molecule has 24 heavy (non-hydrogen) atoms. The molecule has 3 amide bonds. The van der Waals surface area contributed by atoms with Gasteiger partial charge in [-0.1, -0.05) is 6.07 Å². The third kappa shape index (κ3) is 4.14. The molecule has 3 rings (SSSR count). The standard InChI is InChI=1S/C17H19N3O4/c21-16(20-6-9-23-10-7-20)13-3-1-4-14(11-13)19-17(22)18-12-15-5-2-8-24-15/h1-5,8,11H,6-7,9-10,12H2,(H2,18,19,22). The number of carbonyl (C=O) groups is 2. The normalized spacial score (nSPS) is 14.2. The molecule has 1 aromatic heterocycles. The molecule has 2 N–H and O–H groups in total. The summed E-state index contributed by atoms with van der Waals surface area (Å²) in [7, 11) is 0. The Kier molecular flexibility index (Phi) is 5.12. The number of ether oxygens (including phenoxy) is 1. The second-order valence-corrected chi connectivity index (χ2v) is 5.37. The quantitative estimate of drug-likeness (QED) is 0.899. The van der Waals surface area contributed by atoms with Crippen LogP contribution < -0.4 is 10.6 Å². The first-order valence-electron chi connectivity index (χ1n) is 7.77. The summed E-state index contributed by atoms with van der Waals surface area (Å²) in [5, 5.41) is 5.41. The lowest BCUT2D eigenvalue weighted by molar-refractivity contribution is 0.0303. The summed E-state index contributed by atoms with van der Waals surface area (Å²) in [6.45, 7) is 2.57. The molecule has 0 spiro atoms. The molecule has 0 atom stereocenters. The number of urea groups is 1. The van der Waals surface area contributed by atoms with Gasteiger partial charge in [-0.25, -0.2) is 4.79 Å². The van der Waals surface area contributed by atoms with E-state index in [4.69, 9.17) is 9.15 Å². The van der Waals surface area contributed by atoms with Crippen LogP contribution in [0.15, 0.2) is 47.1 Å². The van der Waals surface area contributed by atoms with Gasteiger partial charge < -0.3 is 24.7 Å². The number of nitrogens with one attached hydrogen (secondary N) is 2. The lowest BCUT2D eigenvalue weighted by Gasteiger charge is -2.27. The molecule has 7 heteroatoms. The van der Waals surface area contributed by atoms with Crippen molar-refractivity contribution in [2.75, 3.05) is 31.6 Å². The van der Waals surface area contributed by atoms with E-state index in [0.29, 0.717) is 49.9 Å². The van der Waals surface area contributed by atoms with Gasteiger partial charge in [0, 0.05) is 24.3 Å². The fourth-order valence-corrected chi connectivity index (χ4v) is 2.43. The summed E-state index contributed by atoms with van der Waals surface area (Å²) in [5.41, 5.74) is 1.10. The molecule has 1 aromatic carbocycles. The molecule has 0 radical (unpaired) electrons. The van der Waals surface area contributed by atoms with Gasteiger partial charge in [0.15, 0.2) is 0 Å². The highest BCUT2D eigenvalue weighted by Crippen LogP contribution is 2.14. The highest BCUT2D eigenvalue weighted by atomic mass is 16.5. The van der Waals surface area contributed by atoms with Crippen LogP contribution >= 0.6 is 0 Å². The highest BCUT2D eigenvalue weighted by molar-refractivity contribution is 5.97. The van der Waals surface area contributed by atoms with Crippen LogP contribution in [0.5, 0.6) is 0 Å². The summed E-state index contributed by atoms with van der Waals surface area (Å²) < 4.78 is 10.4. The van der Waals surface area contributed by atoms with Crippen molar-refractivity contribution in [1.82, 2.24) is 10.2 Å². The van der Waals surface area contributed by atoms with Gasteiger partial charge in [0.2, 0.25) is 0 Å². The van der Waals surface area contributed by atoms with Crippen LogP contribution in [0.3, 0.4) is 0 Å². The minimum absolute atomic E-state index is 0.0575. The maximum Gasteiger partial charge on any atom is 0.319 e. The highest BCUT2D eigenvalue weighted by Gasteiger charge is 2.18. The average Bonchev–Trinajstić information content (AvgIpc) is 3.14. The minimum Gasteiger partial charge on any atom is -0.467 e. The zero-order valence-corrected chi connectivity index (χ0v) is 13.2. The topological polar surface area (TPSA) is 83.8 Å². The summed E-state index contributed by atoms with van der Waals surface area (Å²) in [6.07, 6.45) is 1.55. The number of nitrogens with zero attached hydrogens (tertiary/aromatic N) is 1. The van der Waals surface area contributed by atoms with Crippen molar-refractivity contribution in [3.8, 4) is 0 Å². The van der Waals surface area contributed by atoms with Crippen molar-refractivity contribution in [3.05, 3.63) is 54.0 Å². The van der Waals surface area contributed by atoms with Crippen LogP contribution in [0, 0.1) is 0 Å². The van der Waals surface area contributed by atoms with Crippen LogP contribution in [-0.4, -0.2) is 43.1 Å². The number of furan rings is 1. The van der Waals surface area contributed by atoms with E-state index in [2.05, 4.69) is 10.6 Å². The average molecular weight is 329 g/mol. The maximum atomic E-state index is 12.4. The Morgan fingerprint density at radius 1 is 1.12 bits per heavy atom. The van der Waals surface area contributed by atoms with Gasteiger partial charge in [0.05, 0.1) is 26.0 Å². The van der Waals surface area contributed by atoms with Gasteiger partial charge in [-0.3, -0.25) is 4.79 Å². The van der Waals surface area contributed by atoms with Gasteiger partial charge >= 0.3 is 6.03 Å². The van der Waals surface area contributed by atoms with E-state index in [1.165, 1.54) is 0 Å². The van der Waals surface area contributed by atoms with E-state index in [1.54, 1.807) is 47.6 Å². The third-order valence-electron chi connectivity index (χ3n) is 3.67. The second kappa shape index (κ2) is 7.65. The SMILES string of the molecule is O=C(NCc1ccco1)Nc1cccc(C(=O)N2CCOCC2)c1. The fraction of sp³-hybridized carbons (Fsp3) is 0.294. The molecular weight excluding hydrogens is 310 g/mol. The van der Waals surface area contributed by atoms with Crippen LogP contribution in [0.2, 0.25) is 0 Å². The molecule has 0 bridgehead atoms. The molecule has 1 saturated heterocycles. The molecule has 0 saturated carbocycles. The van der Waals surface area contributed by atoms with E-state index in [-0.39, 0.29) is 11.9 Å². The number of hydrogen-bond donors (Lipinski definition) is 2. The van der Waals surface area contributed by atoms with Gasteiger partial charge in [0.1, 0.15) is 5.76 Å². The molecule has 1 fully saturated rings. The number of hydrogen-bond acceptors (Lipinski definition) is 4. The van der Waals surface area contributed by atoms with Gasteiger partial charge in [-0.2, -0.15) is 0 Å². The van der Waals surface area contributed by atoms with Crippen LogP contribution in [0.4, 0.5) is 10.5 Å². The fourth-order valence-electron chi connectivity index (χ4n) is 2.43. The molecule has 7 nitrogen and oxygen atoms in total. The van der Waals surface area contributed by atoms with E-state index in [1.807, 2.05) is 0 Å². The molecule has 1 aliphatic heterocycles. The first kappa shape index (κ1) is 16.1. The first-order chi connectivity index (χ1) is 11.7. The number of benzene rings is 1. The van der Waals surface area contributed by atoms with Gasteiger partial charge in [-0.15, -0.1) is 0 Å². The van der Waals surface area contributed by atoms with Crippen molar-refractivity contribution >= 4 is 17.6 Å². The molecule has 0 unspecified atom stereocenters. The molecule has 0 aliphatic carbocycles. The Labute approximate surface area is 139 Å². The van der Waals surface area contributed by atoms with Crippen LogP contribution in [0.1, 0.15) is 16.1 Å². The van der Waals surface area contributed by atoms with Crippen molar-refractivity contribution in [3.63, 3.8) is 0 Å². The Balaban J connectivity index is 1.58. The zero-order valence-electron chi connectivity index (χ0n) is 13.2. The van der Waals surface area contributed by atoms with Gasteiger partial charge in [-0.05, 0) is 30.3 Å². The van der Waals surface area contributed by atoms with Crippen molar-refractivity contribution in [2.24, 2.45) is 0 Å². The summed E-state index contributed by atoms with van der Waals surface area (Å²) >= 11 is 0. The summed E-state index contributed by atoms with van der Waals surface area (Å²) in [5.74, 6) is 0.610. The van der Waals surface area contributed by atoms with Crippen LogP contribution in [-0.2, 0) is 11.3 Å². The number of anilines is 1. The summed E-state index contributed by atoms with van der Waals surface area (Å²) in [6, 6.07) is 10.1. The lowest BCUT2D eigenvalue weighted by Crippen LogP contribution is -2.40. The van der Waals surface area contributed by atoms with Crippen molar-refractivity contribution in [2.45, 2.75) is 6.54 Å². The van der Waals surface area contributed by atoms with Crippen LogP contribution in [0.25, 0.3) is 0 Å². The van der Waals surface area contributed by atoms with E-state index < -0.39 is 0 Å². The predicted octanol–water partition coefficient (Wildman–Crippen LogP) is 2.07. The molecule has 2 heterocycles. The smallest absolute Gasteiger partial charge is 0.319 e. The van der Waals surface area contributed by atoms with E-state index in [0.717, 1.165) is 0 Å². The first-order valence-corrected chi connectivity index (χ1v) is 7.77. The second-order valence-electron chi connectivity index (χ2n) is 5.37. The monoisotopic (exact) mass is 329 g/mol. The van der Waals surface area contributed by atoms with Gasteiger partial charge in [0.25, 0.3) is 5.91 Å².